The molecule has 1 unspecified atom stereocenters. The third-order valence-electron chi connectivity index (χ3n) is 5.66. The highest BCUT2D eigenvalue weighted by Gasteiger charge is 2.48. The maximum absolute atomic E-state index is 12.8. The normalized spacial score (nSPS) is 27.8. The number of carbonyl (C=O) groups is 2. The zero-order chi connectivity index (χ0) is 18.2. The van der Waals surface area contributed by atoms with Crippen LogP contribution in [0.15, 0.2) is 30.3 Å². The molecule has 0 aliphatic carbocycles. The lowest BCUT2D eigenvalue weighted by Gasteiger charge is -2.44. The molecule has 3 rings (SSSR count). The molecule has 6 heteroatoms. The molecule has 0 spiro atoms. The molecule has 25 heavy (non-hydrogen) atoms. The van der Waals surface area contributed by atoms with Gasteiger partial charge in [-0.15, -0.1) is 0 Å². The zero-order valence-corrected chi connectivity index (χ0v) is 14.7. The highest BCUT2D eigenvalue weighted by Crippen LogP contribution is 2.34. The van der Waals surface area contributed by atoms with Crippen molar-refractivity contribution in [3.05, 3.63) is 35.9 Å². The average molecular weight is 346 g/mol. The Balaban J connectivity index is 1.61. The Kier molecular flexibility index (Phi) is 4.84. The van der Waals surface area contributed by atoms with Crippen molar-refractivity contribution in [2.75, 3.05) is 13.1 Å². The predicted molar refractivity (Wildman–Crippen MR) is 92.4 cm³/mol. The molecule has 0 saturated carbocycles. The second-order valence-electron chi connectivity index (χ2n) is 7.31. The van der Waals surface area contributed by atoms with Crippen molar-refractivity contribution >= 4 is 11.8 Å². The Bertz CT molecular complexity index is 638. The van der Waals surface area contributed by atoms with Crippen molar-refractivity contribution in [1.29, 1.82) is 0 Å². The van der Waals surface area contributed by atoms with Gasteiger partial charge in [0.1, 0.15) is 0 Å². The molecule has 2 fully saturated rings. The molecule has 0 aromatic heterocycles. The maximum Gasteiger partial charge on any atom is 0.228 e. The summed E-state index contributed by atoms with van der Waals surface area (Å²) < 4.78 is 0. The van der Waals surface area contributed by atoms with E-state index in [1.807, 2.05) is 30.3 Å². The maximum atomic E-state index is 12.8. The van der Waals surface area contributed by atoms with Crippen molar-refractivity contribution in [3.8, 4) is 0 Å². The molecule has 2 amide bonds. The Morgan fingerprint density at radius 1 is 1.24 bits per heavy atom. The van der Waals surface area contributed by atoms with Gasteiger partial charge in [-0.3, -0.25) is 9.59 Å². The largest absolute Gasteiger partial charge is 0.393 e. The van der Waals surface area contributed by atoms with E-state index in [-0.39, 0.29) is 23.8 Å². The average Bonchev–Trinajstić information content (AvgIpc) is 2.59. The van der Waals surface area contributed by atoms with Crippen LogP contribution in [-0.2, 0) is 15.2 Å². The van der Waals surface area contributed by atoms with Crippen LogP contribution in [0.5, 0.6) is 0 Å². The summed E-state index contributed by atoms with van der Waals surface area (Å²) in [4.78, 5) is 26.1. The number of nitrogens with one attached hydrogen (secondary N) is 1. The van der Waals surface area contributed by atoms with E-state index in [9.17, 15) is 19.8 Å². The molecular weight excluding hydrogens is 320 g/mol. The third-order valence-corrected chi connectivity index (χ3v) is 5.66. The van der Waals surface area contributed by atoms with Crippen LogP contribution in [0.2, 0.25) is 0 Å². The molecule has 3 N–H and O–H groups in total. The minimum Gasteiger partial charge on any atom is -0.393 e. The topological polar surface area (TPSA) is 89.9 Å². The number of hydrogen-bond acceptors (Lipinski definition) is 4. The third kappa shape index (κ3) is 3.28. The van der Waals surface area contributed by atoms with Gasteiger partial charge in [-0.25, -0.2) is 0 Å². The number of likely N-dealkylation sites (tertiary alicyclic amines) is 1. The minimum atomic E-state index is -0.895. The number of aliphatic hydroxyl groups excluding tert-OH is 1. The van der Waals surface area contributed by atoms with Crippen LogP contribution in [0.3, 0.4) is 0 Å². The lowest BCUT2D eigenvalue weighted by molar-refractivity contribution is -0.150. The van der Waals surface area contributed by atoms with E-state index in [0.717, 1.165) is 5.56 Å². The number of β-lactam (4-membered cyclic amide) rings is 1. The Hall–Kier alpha value is -1.92. The first-order valence-corrected chi connectivity index (χ1v) is 8.88. The van der Waals surface area contributed by atoms with Gasteiger partial charge in [0.15, 0.2) is 0 Å². The van der Waals surface area contributed by atoms with Crippen molar-refractivity contribution in [2.24, 2.45) is 11.8 Å². The molecule has 2 aliphatic heterocycles. The molecule has 4 atom stereocenters. The summed E-state index contributed by atoms with van der Waals surface area (Å²) in [5, 5.41) is 23.3. The van der Waals surface area contributed by atoms with Crippen LogP contribution in [-0.4, -0.2) is 52.2 Å². The number of carbonyl (C=O) groups excluding carboxylic acids is 2. The zero-order valence-electron chi connectivity index (χ0n) is 14.7. The number of aliphatic hydroxyl groups is 2. The molecule has 2 aliphatic rings. The van der Waals surface area contributed by atoms with E-state index < -0.39 is 17.6 Å². The van der Waals surface area contributed by atoms with Crippen LogP contribution in [0.25, 0.3) is 0 Å². The molecular formula is C19H26N2O4. The smallest absolute Gasteiger partial charge is 0.228 e. The van der Waals surface area contributed by atoms with Crippen LogP contribution in [0.4, 0.5) is 0 Å². The SMILES string of the molecule is C[C@@H](O)C1C(=O)N[C@@H]1[C@@H](C)C(=O)N1CCC(O)(c2ccccc2)CC1. The fourth-order valence-corrected chi connectivity index (χ4v) is 3.95. The highest BCUT2D eigenvalue weighted by molar-refractivity contribution is 5.90. The van der Waals surface area contributed by atoms with Crippen LogP contribution in [0, 0.1) is 11.8 Å². The lowest BCUT2D eigenvalue weighted by Crippen LogP contribution is -2.66. The summed E-state index contributed by atoms with van der Waals surface area (Å²) in [6, 6.07) is 9.23. The summed E-state index contributed by atoms with van der Waals surface area (Å²) in [5.41, 5.74) is -0.00994. The Labute approximate surface area is 147 Å². The molecule has 6 nitrogen and oxygen atoms in total. The second kappa shape index (κ2) is 6.77. The van der Waals surface area contributed by atoms with Gasteiger partial charge >= 0.3 is 0 Å². The van der Waals surface area contributed by atoms with Crippen molar-refractivity contribution in [3.63, 3.8) is 0 Å². The van der Waals surface area contributed by atoms with Gasteiger partial charge in [0, 0.05) is 13.1 Å². The number of nitrogens with zero attached hydrogens (tertiary/aromatic N) is 1. The lowest BCUT2D eigenvalue weighted by atomic mass is 9.78. The summed E-state index contributed by atoms with van der Waals surface area (Å²) in [6.45, 7) is 4.33. The monoisotopic (exact) mass is 346 g/mol. The van der Waals surface area contributed by atoms with E-state index >= 15 is 0 Å². The fourth-order valence-electron chi connectivity index (χ4n) is 3.95. The first-order valence-electron chi connectivity index (χ1n) is 8.88. The number of piperidine rings is 1. The standard InChI is InChI=1S/C19H26N2O4/c1-12(16-15(13(2)22)17(23)20-16)18(24)21-10-8-19(25,9-11-21)14-6-4-3-5-7-14/h3-7,12-13,15-16,22,25H,8-11H2,1-2H3,(H,20,23)/t12-,13-,15?,16-/m1/s1. The van der Waals surface area contributed by atoms with Gasteiger partial charge in [0.25, 0.3) is 0 Å². The van der Waals surface area contributed by atoms with Gasteiger partial charge in [-0.1, -0.05) is 37.3 Å². The summed E-state index contributed by atoms with van der Waals surface area (Å²) >= 11 is 0. The van der Waals surface area contributed by atoms with Crippen molar-refractivity contribution in [2.45, 2.75) is 44.4 Å². The number of rotatable bonds is 4. The van der Waals surface area contributed by atoms with E-state index in [1.54, 1.807) is 18.7 Å². The summed E-state index contributed by atoms with van der Waals surface area (Å²) in [7, 11) is 0. The Morgan fingerprint density at radius 3 is 2.36 bits per heavy atom. The first-order chi connectivity index (χ1) is 11.8. The van der Waals surface area contributed by atoms with E-state index in [0.29, 0.717) is 25.9 Å². The van der Waals surface area contributed by atoms with Crippen molar-refractivity contribution in [1.82, 2.24) is 10.2 Å². The van der Waals surface area contributed by atoms with Gasteiger partial charge in [-0.2, -0.15) is 0 Å². The van der Waals surface area contributed by atoms with E-state index in [4.69, 9.17) is 0 Å². The predicted octanol–water partition coefficient (Wildman–Crippen LogP) is 0.628. The quantitative estimate of drug-likeness (QED) is 0.698. The fraction of sp³-hybridized carbons (Fsp3) is 0.579. The Morgan fingerprint density at radius 2 is 1.84 bits per heavy atom. The molecule has 1 aromatic rings. The van der Waals surface area contributed by atoms with E-state index in [1.165, 1.54) is 0 Å². The van der Waals surface area contributed by atoms with Crippen LogP contribution >= 0.6 is 0 Å². The van der Waals surface area contributed by atoms with Gasteiger partial charge in [0.05, 0.1) is 29.6 Å². The van der Waals surface area contributed by atoms with E-state index in [2.05, 4.69) is 5.32 Å². The van der Waals surface area contributed by atoms with Crippen LogP contribution < -0.4 is 5.32 Å². The number of hydrogen-bond donors (Lipinski definition) is 3. The van der Waals surface area contributed by atoms with Gasteiger partial charge in [-0.05, 0) is 25.3 Å². The molecule has 2 heterocycles. The van der Waals surface area contributed by atoms with Gasteiger partial charge in [0.2, 0.25) is 11.8 Å². The number of amides is 2. The second-order valence-corrected chi connectivity index (χ2v) is 7.31. The van der Waals surface area contributed by atoms with Crippen molar-refractivity contribution < 1.29 is 19.8 Å². The molecule has 0 bridgehead atoms. The van der Waals surface area contributed by atoms with Gasteiger partial charge < -0.3 is 20.4 Å². The summed E-state index contributed by atoms with van der Waals surface area (Å²) in [5.74, 6) is -1.15. The molecule has 2 saturated heterocycles. The molecule has 0 radical (unpaired) electrons. The summed E-state index contributed by atoms with van der Waals surface area (Å²) in [6.07, 6.45) is 0.220. The highest BCUT2D eigenvalue weighted by atomic mass is 16.3. The van der Waals surface area contributed by atoms with Crippen LogP contribution in [0.1, 0.15) is 32.3 Å². The first kappa shape index (κ1) is 17.9. The number of benzene rings is 1. The molecule has 136 valence electrons. The molecule has 1 aromatic carbocycles. The minimum absolute atomic E-state index is 0.0363.